The lowest BCUT2D eigenvalue weighted by molar-refractivity contribution is 0.689. The minimum Gasteiger partial charge on any atom is -0.337 e. The topological polar surface area (TPSA) is 4.93 Å². The average molecular weight is 338 g/mol. The molecule has 0 radical (unpaired) electrons. The van der Waals surface area contributed by atoms with Gasteiger partial charge in [0.1, 0.15) is 4.83 Å². The van der Waals surface area contributed by atoms with Gasteiger partial charge in [-0.2, -0.15) is 0 Å². The fourth-order valence-corrected chi connectivity index (χ4v) is 4.32. The van der Waals surface area contributed by atoms with Crippen LogP contribution < -0.4 is 0 Å². The summed E-state index contributed by atoms with van der Waals surface area (Å²) in [4.78, 5) is 2.69. The zero-order valence-electron chi connectivity index (χ0n) is 12.1. The van der Waals surface area contributed by atoms with Crippen LogP contribution in [0.2, 0.25) is 10.0 Å². The van der Waals surface area contributed by atoms with Gasteiger partial charge in [0.15, 0.2) is 0 Å². The van der Waals surface area contributed by atoms with Crippen LogP contribution in [0.5, 0.6) is 0 Å². The van der Waals surface area contributed by atoms with Gasteiger partial charge in [0, 0.05) is 28.9 Å². The summed E-state index contributed by atoms with van der Waals surface area (Å²) in [6.45, 7) is 5.47. The lowest BCUT2D eigenvalue weighted by Crippen LogP contribution is -1.96. The number of aromatic nitrogens is 1. The molecule has 0 bridgehead atoms. The van der Waals surface area contributed by atoms with Crippen molar-refractivity contribution >= 4 is 44.8 Å². The molecule has 0 spiro atoms. The number of benzene rings is 1. The minimum atomic E-state index is 0.626. The van der Waals surface area contributed by atoms with Crippen molar-refractivity contribution in [3.63, 3.8) is 0 Å². The zero-order valence-corrected chi connectivity index (χ0v) is 14.4. The Balaban J connectivity index is 1.96. The molecule has 0 saturated carbocycles. The van der Waals surface area contributed by atoms with Crippen molar-refractivity contribution in [3.05, 3.63) is 56.5 Å². The second kappa shape index (κ2) is 6.04. The lowest BCUT2D eigenvalue weighted by Gasteiger charge is -2.05. The molecule has 0 amide bonds. The molecule has 0 N–H and O–H groups in total. The van der Waals surface area contributed by atoms with Gasteiger partial charge in [-0.05, 0) is 37.1 Å². The Bertz CT molecular complexity index is 786. The van der Waals surface area contributed by atoms with Gasteiger partial charge in [-0.1, -0.05) is 42.3 Å². The lowest BCUT2D eigenvalue weighted by atomic mass is 10.1. The summed E-state index contributed by atoms with van der Waals surface area (Å²) in [6, 6.07) is 10.4. The maximum Gasteiger partial charge on any atom is 0.103 e. The molecule has 3 rings (SSSR count). The van der Waals surface area contributed by atoms with Crippen molar-refractivity contribution in [3.8, 4) is 0 Å². The van der Waals surface area contributed by atoms with E-state index < -0.39 is 0 Å². The first-order chi connectivity index (χ1) is 10.1. The van der Waals surface area contributed by atoms with E-state index in [0.717, 1.165) is 24.9 Å². The van der Waals surface area contributed by atoms with Crippen molar-refractivity contribution in [2.24, 2.45) is 0 Å². The van der Waals surface area contributed by atoms with E-state index in [-0.39, 0.29) is 0 Å². The summed E-state index contributed by atoms with van der Waals surface area (Å²) in [5.41, 5.74) is 2.43. The molecule has 0 aliphatic rings. The molecule has 0 aliphatic carbocycles. The van der Waals surface area contributed by atoms with Crippen LogP contribution >= 0.6 is 34.5 Å². The molecule has 21 heavy (non-hydrogen) atoms. The highest BCUT2D eigenvalue weighted by Crippen LogP contribution is 2.33. The highest BCUT2D eigenvalue weighted by atomic mass is 35.5. The SMILES string of the molecule is CCCn1c(C)cc2cc(Cc3cccc(Cl)c3Cl)sc21. The van der Waals surface area contributed by atoms with Gasteiger partial charge in [0.05, 0.1) is 10.0 Å². The molecule has 110 valence electrons. The van der Waals surface area contributed by atoms with Crippen molar-refractivity contribution in [2.45, 2.75) is 33.2 Å². The largest absolute Gasteiger partial charge is 0.337 e. The van der Waals surface area contributed by atoms with Crippen LogP contribution in [-0.2, 0) is 13.0 Å². The molecule has 0 saturated heterocycles. The monoisotopic (exact) mass is 337 g/mol. The maximum atomic E-state index is 6.29. The third-order valence-corrected chi connectivity index (χ3v) is 5.70. The average Bonchev–Trinajstić information content (AvgIpc) is 2.95. The van der Waals surface area contributed by atoms with Gasteiger partial charge >= 0.3 is 0 Å². The summed E-state index contributed by atoms with van der Waals surface area (Å²) in [6.07, 6.45) is 1.99. The number of fused-ring (bicyclic) bond motifs is 1. The van der Waals surface area contributed by atoms with Crippen LogP contribution in [0, 0.1) is 6.92 Å². The van der Waals surface area contributed by atoms with Crippen LogP contribution in [0.4, 0.5) is 0 Å². The first kappa shape index (κ1) is 15.0. The highest BCUT2D eigenvalue weighted by Gasteiger charge is 2.12. The molecule has 1 aromatic carbocycles. The van der Waals surface area contributed by atoms with E-state index in [1.165, 1.54) is 20.8 Å². The van der Waals surface area contributed by atoms with Crippen LogP contribution in [-0.4, -0.2) is 4.57 Å². The van der Waals surface area contributed by atoms with Gasteiger partial charge in [-0.15, -0.1) is 11.3 Å². The quantitative estimate of drug-likeness (QED) is 0.525. The Morgan fingerprint density at radius 2 is 2.00 bits per heavy atom. The van der Waals surface area contributed by atoms with E-state index in [4.69, 9.17) is 23.2 Å². The van der Waals surface area contributed by atoms with Crippen molar-refractivity contribution in [2.75, 3.05) is 0 Å². The predicted molar refractivity (Wildman–Crippen MR) is 94.1 cm³/mol. The molecule has 0 unspecified atom stereocenters. The summed E-state index contributed by atoms with van der Waals surface area (Å²) in [5.74, 6) is 0. The molecular formula is C17H17Cl2NS. The summed E-state index contributed by atoms with van der Waals surface area (Å²) >= 11 is 14.2. The first-order valence-corrected chi connectivity index (χ1v) is 8.69. The minimum absolute atomic E-state index is 0.626. The number of aryl methyl sites for hydroxylation is 2. The highest BCUT2D eigenvalue weighted by molar-refractivity contribution is 7.18. The Hall–Kier alpha value is -0.960. The second-order valence-electron chi connectivity index (χ2n) is 5.30. The third kappa shape index (κ3) is 2.85. The van der Waals surface area contributed by atoms with E-state index >= 15 is 0 Å². The zero-order chi connectivity index (χ0) is 15.0. The van der Waals surface area contributed by atoms with Gasteiger partial charge in [0.25, 0.3) is 0 Å². The molecule has 4 heteroatoms. The Kier molecular flexibility index (Phi) is 4.30. The molecular weight excluding hydrogens is 321 g/mol. The van der Waals surface area contributed by atoms with Crippen LogP contribution in [0.15, 0.2) is 30.3 Å². The number of thiophene rings is 1. The normalized spacial score (nSPS) is 11.4. The van der Waals surface area contributed by atoms with Gasteiger partial charge in [-0.3, -0.25) is 0 Å². The number of halogens is 2. The standard InChI is InChI=1S/C17H17Cl2NS/c1-3-7-20-11(2)8-13-10-14(21-17(13)20)9-12-5-4-6-15(18)16(12)19/h4-6,8,10H,3,7,9H2,1-2H3. The van der Waals surface area contributed by atoms with Gasteiger partial charge < -0.3 is 4.57 Å². The number of hydrogen-bond donors (Lipinski definition) is 0. The molecule has 3 aromatic rings. The van der Waals surface area contributed by atoms with E-state index in [2.05, 4.69) is 30.5 Å². The summed E-state index contributed by atoms with van der Waals surface area (Å²) < 4.78 is 2.41. The van der Waals surface area contributed by atoms with E-state index in [9.17, 15) is 0 Å². The summed E-state index contributed by atoms with van der Waals surface area (Å²) in [7, 11) is 0. The van der Waals surface area contributed by atoms with Crippen molar-refractivity contribution in [1.82, 2.24) is 4.57 Å². The second-order valence-corrected chi connectivity index (χ2v) is 7.20. The van der Waals surface area contributed by atoms with Crippen molar-refractivity contribution < 1.29 is 0 Å². The molecule has 0 atom stereocenters. The van der Waals surface area contributed by atoms with E-state index in [0.29, 0.717) is 10.0 Å². The fourth-order valence-electron chi connectivity index (χ4n) is 2.69. The molecule has 0 fully saturated rings. The first-order valence-electron chi connectivity index (χ1n) is 7.11. The van der Waals surface area contributed by atoms with Crippen LogP contribution in [0.25, 0.3) is 10.2 Å². The number of hydrogen-bond acceptors (Lipinski definition) is 1. The predicted octanol–water partition coefficient (Wildman–Crippen LogP) is 6.32. The molecule has 2 heterocycles. The number of rotatable bonds is 4. The molecule has 2 aromatic heterocycles. The van der Waals surface area contributed by atoms with Gasteiger partial charge in [0.2, 0.25) is 0 Å². The van der Waals surface area contributed by atoms with Crippen molar-refractivity contribution in [1.29, 1.82) is 0 Å². The Labute approximate surface area is 139 Å². The maximum absolute atomic E-state index is 6.29. The Morgan fingerprint density at radius 1 is 1.19 bits per heavy atom. The Morgan fingerprint density at radius 3 is 2.76 bits per heavy atom. The molecule has 0 aliphatic heterocycles. The number of nitrogens with zero attached hydrogens (tertiary/aromatic N) is 1. The van der Waals surface area contributed by atoms with E-state index in [1.807, 2.05) is 29.5 Å². The fraction of sp³-hybridized carbons (Fsp3) is 0.294. The summed E-state index contributed by atoms with van der Waals surface area (Å²) in [5, 5.41) is 2.63. The molecule has 1 nitrogen and oxygen atoms in total. The van der Waals surface area contributed by atoms with Crippen LogP contribution in [0.1, 0.15) is 29.5 Å². The smallest absolute Gasteiger partial charge is 0.103 e. The van der Waals surface area contributed by atoms with E-state index in [1.54, 1.807) is 0 Å². The third-order valence-electron chi connectivity index (χ3n) is 3.67. The van der Waals surface area contributed by atoms with Crippen LogP contribution in [0.3, 0.4) is 0 Å². The van der Waals surface area contributed by atoms with Gasteiger partial charge in [-0.25, -0.2) is 0 Å².